The Morgan fingerprint density at radius 3 is 2.88 bits per heavy atom. The van der Waals surface area contributed by atoms with Crippen LogP contribution in [0.25, 0.3) is 0 Å². The molecule has 1 unspecified atom stereocenters. The molecule has 1 aromatic carbocycles. The first-order valence-electron chi connectivity index (χ1n) is 6.14. The topological polar surface area (TPSA) is 23.5 Å². The molecule has 2 rings (SSSR count). The van der Waals surface area contributed by atoms with Crippen LogP contribution in [-0.4, -0.2) is 30.1 Å². The van der Waals surface area contributed by atoms with Gasteiger partial charge in [0.25, 0.3) is 0 Å². The molecule has 88 valence electrons. The molecule has 0 amide bonds. The molecule has 0 saturated carbocycles. The Hall–Kier alpha value is -0.860. The van der Waals surface area contributed by atoms with Gasteiger partial charge in [-0.3, -0.25) is 0 Å². The summed E-state index contributed by atoms with van der Waals surface area (Å²) in [6.07, 6.45) is 3.10. The van der Waals surface area contributed by atoms with Gasteiger partial charge in [0.15, 0.2) is 0 Å². The zero-order valence-corrected chi connectivity index (χ0v) is 10.2. The highest BCUT2D eigenvalue weighted by Gasteiger charge is 2.35. The highest BCUT2D eigenvalue weighted by atomic mass is 16.3. The van der Waals surface area contributed by atoms with Gasteiger partial charge in [-0.2, -0.15) is 0 Å². The standard InChI is InChI=1S/C14H21NO/c1-3-5-12-6-4-7-13(10-12)14(16)8-9-15(2)11-14/h4,6-7,10,16H,3,5,8-9,11H2,1-2H3. The fourth-order valence-corrected chi connectivity index (χ4v) is 2.52. The second-order valence-electron chi connectivity index (χ2n) is 4.97. The van der Waals surface area contributed by atoms with E-state index in [0.717, 1.165) is 37.9 Å². The summed E-state index contributed by atoms with van der Waals surface area (Å²) in [6, 6.07) is 8.44. The lowest BCUT2D eigenvalue weighted by Gasteiger charge is -2.23. The van der Waals surface area contributed by atoms with Crippen LogP contribution in [0.2, 0.25) is 0 Å². The monoisotopic (exact) mass is 219 g/mol. The van der Waals surface area contributed by atoms with Gasteiger partial charge in [0, 0.05) is 13.1 Å². The molecule has 1 atom stereocenters. The molecular weight excluding hydrogens is 198 g/mol. The molecule has 0 aromatic heterocycles. The maximum Gasteiger partial charge on any atom is 0.103 e. The zero-order valence-electron chi connectivity index (χ0n) is 10.2. The van der Waals surface area contributed by atoms with E-state index in [1.54, 1.807) is 0 Å². The van der Waals surface area contributed by atoms with Gasteiger partial charge in [-0.25, -0.2) is 0 Å². The second kappa shape index (κ2) is 4.56. The predicted molar refractivity (Wildman–Crippen MR) is 66.4 cm³/mol. The number of nitrogens with zero attached hydrogens (tertiary/aromatic N) is 1. The van der Waals surface area contributed by atoms with Crippen LogP contribution in [0, 0.1) is 0 Å². The molecule has 16 heavy (non-hydrogen) atoms. The summed E-state index contributed by atoms with van der Waals surface area (Å²) in [6.45, 7) is 3.92. The van der Waals surface area contributed by atoms with E-state index in [1.165, 1.54) is 5.56 Å². The Balaban J connectivity index is 2.22. The third kappa shape index (κ3) is 2.28. The molecule has 1 heterocycles. The van der Waals surface area contributed by atoms with Crippen LogP contribution in [0.1, 0.15) is 30.9 Å². The molecule has 1 aromatic rings. The fraction of sp³-hybridized carbons (Fsp3) is 0.571. The molecule has 0 spiro atoms. The number of benzene rings is 1. The van der Waals surface area contributed by atoms with Crippen molar-refractivity contribution >= 4 is 0 Å². The summed E-state index contributed by atoms with van der Waals surface area (Å²) in [5.41, 5.74) is 1.80. The van der Waals surface area contributed by atoms with E-state index in [0.29, 0.717) is 0 Å². The van der Waals surface area contributed by atoms with E-state index in [-0.39, 0.29) is 0 Å². The van der Waals surface area contributed by atoms with Gasteiger partial charge in [0.2, 0.25) is 0 Å². The average molecular weight is 219 g/mol. The number of likely N-dealkylation sites (N-methyl/N-ethyl adjacent to an activating group) is 1. The van der Waals surface area contributed by atoms with Gasteiger partial charge in [0.1, 0.15) is 5.60 Å². The molecule has 1 aliphatic heterocycles. The first kappa shape index (κ1) is 11.6. The number of hydrogen-bond acceptors (Lipinski definition) is 2. The van der Waals surface area contributed by atoms with Crippen LogP contribution in [0.4, 0.5) is 0 Å². The van der Waals surface area contributed by atoms with E-state index >= 15 is 0 Å². The Morgan fingerprint density at radius 1 is 1.44 bits per heavy atom. The summed E-state index contributed by atoms with van der Waals surface area (Å²) < 4.78 is 0. The Bertz CT molecular complexity index is 364. The van der Waals surface area contributed by atoms with Crippen molar-refractivity contribution < 1.29 is 5.11 Å². The van der Waals surface area contributed by atoms with Crippen molar-refractivity contribution in [2.45, 2.75) is 31.8 Å². The van der Waals surface area contributed by atoms with Crippen LogP contribution in [0.5, 0.6) is 0 Å². The second-order valence-corrected chi connectivity index (χ2v) is 4.97. The Morgan fingerprint density at radius 2 is 2.25 bits per heavy atom. The van der Waals surface area contributed by atoms with Crippen LogP contribution in [-0.2, 0) is 12.0 Å². The maximum atomic E-state index is 10.6. The minimum absolute atomic E-state index is 0.626. The number of hydrogen-bond donors (Lipinski definition) is 1. The van der Waals surface area contributed by atoms with E-state index in [9.17, 15) is 5.11 Å². The van der Waals surface area contributed by atoms with Gasteiger partial charge in [-0.15, -0.1) is 0 Å². The summed E-state index contributed by atoms with van der Waals surface area (Å²) in [4.78, 5) is 2.19. The molecule has 2 heteroatoms. The lowest BCUT2D eigenvalue weighted by molar-refractivity contribution is 0.0488. The van der Waals surface area contributed by atoms with Crippen LogP contribution in [0.15, 0.2) is 24.3 Å². The molecule has 0 aliphatic carbocycles. The zero-order chi connectivity index (χ0) is 11.6. The van der Waals surface area contributed by atoms with Gasteiger partial charge in [-0.1, -0.05) is 37.6 Å². The van der Waals surface area contributed by atoms with E-state index in [1.807, 2.05) is 0 Å². The van der Waals surface area contributed by atoms with Crippen molar-refractivity contribution in [3.05, 3.63) is 35.4 Å². The lowest BCUT2D eigenvalue weighted by atomic mass is 9.91. The highest BCUT2D eigenvalue weighted by Crippen LogP contribution is 2.31. The normalized spacial score (nSPS) is 26.2. The van der Waals surface area contributed by atoms with Crippen molar-refractivity contribution in [1.29, 1.82) is 0 Å². The summed E-state index contributed by atoms with van der Waals surface area (Å²) in [5.74, 6) is 0. The number of likely N-dealkylation sites (tertiary alicyclic amines) is 1. The van der Waals surface area contributed by atoms with E-state index in [4.69, 9.17) is 0 Å². The first-order valence-corrected chi connectivity index (χ1v) is 6.14. The Kier molecular flexibility index (Phi) is 3.31. The minimum Gasteiger partial charge on any atom is -0.384 e. The number of aliphatic hydroxyl groups is 1. The fourth-order valence-electron chi connectivity index (χ4n) is 2.52. The molecular formula is C14H21NO. The average Bonchev–Trinajstić information content (AvgIpc) is 2.61. The molecule has 1 saturated heterocycles. The van der Waals surface area contributed by atoms with E-state index in [2.05, 4.69) is 43.1 Å². The van der Waals surface area contributed by atoms with Crippen molar-refractivity contribution in [2.75, 3.05) is 20.1 Å². The third-order valence-electron chi connectivity index (χ3n) is 3.44. The molecule has 1 aliphatic rings. The summed E-state index contributed by atoms with van der Waals surface area (Å²) in [7, 11) is 2.06. The van der Waals surface area contributed by atoms with Crippen molar-refractivity contribution in [2.24, 2.45) is 0 Å². The van der Waals surface area contributed by atoms with Gasteiger partial charge in [0.05, 0.1) is 0 Å². The van der Waals surface area contributed by atoms with Crippen molar-refractivity contribution in [3.63, 3.8) is 0 Å². The highest BCUT2D eigenvalue weighted by molar-refractivity contribution is 5.29. The smallest absolute Gasteiger partial charge is 0.103 e. The van der Waals surface area contributed by atoms with Crippen LogP contribution in [0.3, 0.4) is 0 Å². The SMILES string of the molecule is CCCc1cccc(C2(O)CCN(C)C2)c1. The molecule has 0 radical (unpaired) electrons. The number of rotatable bonds is 3. The molecule has 1 N–H and O–H groups in total. The first-order chi connectivity index (χ1) is 7.64. The summed E-state index contributed by atoms with van der Waals surface area (Å²) >= 11 is 0. The number of aryl methyl sites for hydroxylation is 1. The summed E-state index contributed by atoms with van der Waals surface area (Å²) in [5, 5.41) is 10.6. The van der Waals surface area contributed by atoms with Gasteiger partial charge in [-0.05, 0) is 31.0 Å². The van der Waals surface area contributed by atoms with E-state index < -0.39 is 5.60 Å². The predicted octanol–water partition coefficient (Wildman–Crippen LogP) is 2.16. The lowest BCUT2D eigenvalue weighted by Crippen LogP contribution is -2.29. The molecule has 2 nitrogen and oxygen atoms in total. The molecule has 1 fully saturated rings. The maximum absolute atomic E-state index is 10.6. The van der Waals surface area contributed by atoms with Crippen molar-refractivity contribution in [3.8, 4) is 0 Å². The van der Waals surface area contributed by atoms with Gasteiger partial charge < -0.3 is 10.0 Å². The minimum atomic E-state index is -0.626. The van der Waals surface area contributed by atoms with Crippen LogP contribution < -0.4 is 0 Å². The van der Waals surface area contributed by atoms with Crippen LogP contribution >= 0.6 is 0 Å². The number of β-amino-alcohol motifs (C(OH)–C–C–N with tert-alkyl or cyclic N) is 1. The van der Waals surface area contributed by atoms with Crippen molar-refractivity contribution in [1.82, 2.24) is 4.90 Å². The largest absolute Gasteiger partial charge is 0.384 e. The Labute approximate surface area is 97.9 Å². The quantitative estimate of drug-likeness (QED) is 0.842. The third-order valence-corrected chi connectivity index (χ3v) is 3.44. The van der Waals surface area contributed by atoms with Gasteiger partial charge >= 0.3 is 0 Å². The molecule has 0 bridgehead atoms.